The Labute approximate surface area is 117 Å². The van der Waals surface area contributed by atoms with E-state index in [1.165, 1.54) is 24.3 Å². The van der Waals surface area contributed by atoms with Crippen molar-refractivity contribution < 1.29 is 19.1 Å². The van der Waals surface area contributed by atoms with Crippen molar-refractivity contribution >= 4 is 11.8 Å². The van der Waals surface area contributed by atoms with Crippen LogP contribution in [-0.4, -0.2) is 29.5 Å². The number of rotatable bonds is 6. The second kappa shape index (κ2) is 7.59. The second-order valence-electron chi connectivity index (χ2n) is 4.48. The van der Waals surface area contributed by atoms with Crippen LogP contribution in [0.2, 0.25) is 0 Å². The monoisotopic (exact) mass is 282 g/mol. The highest BCUT2D eigenvalue weighted by Crippen LogP contribution is 2.17. The molecule has 110 valence electrons. The van der Waals surface area contributed by atoms with Gasteiger partial charge in [0.15, 0.2) is 0 Å². The van der Waals surface area contributed by atoms with Crippen LogP contribution in [0.1, 0.15) is 31.9 Å². The van der Waals surface area contributed by atoms with Crippen molar-refractivity contribution in [1.29, 1.82) is 0 Å². The number of carbonyl (C=O) groups is 2. The molecule has 0 radical (unpaired) electrons. The summed E-state index contributed by atoms with van der Waals surface area (Å²) in [4.78, 5) is 22.8. The Balaban J connectivity index is 2.53. The lowest BCUT2D eigenvalue weighted by Crippen LogP contribution is -2.39. The van der Waals surface area contributed by atoms with Gasteiger partial charge >= 0.3 is 0 Å². The fraction of sp³-hybridized carbons (Fsp3) is 0.429. The molecule has 0 saturated heterocycles. The average Bonchev–Trinajstić information content (AvgIpc) is 2.38. The highest BCUT2D eigenvalue weighted by molar-refractivity contribution is 5.96. The number of carbonyl (C=O) groups excluding carboxylic acids is 2. The normalized spacial score (nSPS) is 13.4. The van der Waals surface area contributed by atoms with Crippen LogP contribution in [0.4, 0.5) is 4.39 Å². The molecule has 0 aliphatic rings. The molecule has 0 heterocycles. The van der Waals surface area contributed by atoms with Crippen LogP contribution in [0.25, 0.3) is 0 Å². The number of hydrogen-bond acceptors (Lipinski definition) is 3. The minimum absolute atomic E-state index is 0.283. The molecule has 0 aromatic heterocycles. The lowest BCUT2D eigenvalue weighted by atomic mass is 10.0. The van der Waals surface area contributed by atoms with Gasteiger partial charge in [0.1, 0.15) is 12.2 Å². The van der Waals surface area contributed by atoms with Gasteiger partial charge in [0.25, 0.3) is 0 Å². The first-order valence-electron chi connectivity index (χ1n) is 6.43. The van der Waals surface area contributed by atoms with E-state index in [9.17, 15) is 19.1 Å². The zero-order valence-electron chi connectivity index (χ0n) is 11.5. The smallest absolute Gasteiger partial charge is 0.229 e. The summed E-state index contributed by atoms with van der Waals surface area (Å²) in [7, 11) is 0. The van der Waals surface area contributed by atoms with Gasteiger partial charge < -0.3 is 15.7 Å². The van der Waals surface area contributed by atoms with E-state index >= 15 is 0 Å². The summed E-state index contributed by atoms with van der Waals surface area (Å²) in [5.74, 6) is -1.23. The van der Waals surface area contributed by atoms with Crippen molar-refractivity contribution in [2.45, 2.75) is 32.4 Å². The van der Waals surface area contributed by atoms with E-state index in [0.29, 0.717) is 12.1 Å². The molecule has 0 saturated carbocycles. The Morgan fingerprint density at radius 2 is 1.85 bits per heavy atom. The summed E-state index contributed by atoms with van der Waals surface area (Å²) in [5, 5.41) is 15.1. The number of amides is 2. The molecule has 1 rings (SSSR count). The van der Waals surface area contributed by atoms with E-state index in [-0.39, 0.29) is 12.3 Å². The maximum atomic E-state index is 12.8. The molecule has 20 heavy (non-hydrogen) atoms. The third-order valence-electron chi connectivity index (χ3n) is 2.77. The van der Waals surface area contributed by atoms with Crippen molar-refractivity contribution in [3.63, 3.8) is 0 Å². The fourth-order valence-electron chi connectivity index (χ4n) is 1.74. The molecule has 0 bridgehead atoms. The molecule has 1 aromatic rings. The van der Waals surface area contributed by atoms with Gasteiger partial charge in [-0.25, -0.2) is 4.39 Å². The number of halogens is 1. The Hall–Kier alpha value is -1.95. The van der Waals surface area contributed by atoms with Crippen LogP contribution in [0.5, 0.6) is 0 Å². The standard InChI is InChI=1S/C14H19FN2O3/c1-3-16-12(18)8-13(19)17-9(2)14(20)10-4-6-11(15)7-5-10/h4-7,9,14,20H,3,8H2,1-2H3,(H,16,18)(H,17,19). The van der Waals surface area contributed by atoms with Crippen LogP contribution in [0.3, 0.4) is 0 Å². The van der Waals surface area contributed by atoms with Gasteiger partial charge in [0, 0.05) is 6.54 Å². The second-order valence-corrected chi connectivity index (χ2v) is 4.48. The third kappa shape index (κ3) is 4.97. The van der Waals surface area contributed by atoms with E-state index in [4.69, 9.17) is 0 Å². The van der Waals surface area contributed by atoms with Gasteiger partial charge in [-0.3, -0.25) is 9.59 Å². The summed E-state index contributed by atoms with van der Waals surface area (Å²) < 4.78 is 12.8. The first kappa shape index (κ1) is 16.1. The van der Waals surface area contributed by atoms with Gasteiger partial charge in [-0.05, 0) is 31.5 Å². The topological polar surface area (TPSA) is 78.4 Å². The average molecular weight is 282 g/mol. The lowest BCUT2D eigenvalue weighted by molar-refractivity contribution is -0.130. The molecule has 0 aliphatic heterocycles. The third-order valence-corrected chi connectivity index (χ3v) is 2.77. The van der Waals surface area contributed by atoms with Crippen molar-refractivity contribution in [3.8, 4) is 0 Å². The molecule has 0 aliphatic carbocycles. The minimum atomic E-state index is -0.964. The summed E-state index contributed by atoms with van der Waals surface area (Å²) >= 11 is 0. The van der Waals surface area contributed by atoms with Crippen LogP contribution in [0, 0.1) is 5.82 Å². The predicted octanol–water partition coefficient (Wildman–Crippen LogP) is 0.890. The van der Waals surface area contributed by atoms with Crippen molar-refractivity contribution in [2.24, 2.45) is 0 Å². The molecule has 1 aromatic carbocycles. The van der Waals surface area contributed by atoms with E-state index < -0.39 is 23.9 Å². The van der Waals surface area contributed by atoms with Crippen LogP contribution in [0.15, 0.2) is 24.3 Å². The molecule has 0 fully saturated rings. The molecule has 2 amide bonds. The van der Waals surface area contributed by atoms with E-state index in [1.54, 1.807) is 13.8 Å². The Bertz CT molecular complexity index is 462. The highest BCUT2D eigenvalue weighted by Gasteiger charge is 2.19. The first-order valence-corrected chi connectivity index (χ1v) is 6.43. The van der Waals surface area contributed by atoms with Gasteiger partial charge in [0.05, 0.1) is 12.1 Å². The molecule has 3 N–H and O–H groups in total. The number of nitrogens with one attached hydrogen (secondary N) is 2. The first-order chi connectivity index (χ1) is 9.43. The van der Waals surface area contributed by atoms with Crippen molar-refractivity contribution in [1.82, 2.24) is 10.6 Å². The Morgan fingerprint density at radius 3 is 2.40 bits per heavy atom. The van der Waals surface area contributed by atoms with Gasteiger partial charge in [-0.1, -0.05) is 12.1 Å². The zero-order chi connectivity index (χ0) is 15.1. The largest absolute Gasteiger partial charge is 0.386 e. The van der Waals surface area contributed by atoms with E-state index in [0.717, 1.165) is 0 Å². The summed E-state index contributed by atoms with van der Waals surface area (Å²) in [6.45, 7) is 3.83. The van der Waals surface area contributed by atoms with Crippen molar-refractivity contribution in [2.75, 3.05) is 6.54 Å². The Morgan fingerprint density at radius 1 is 1.25 bits per heavy atom. The SMILES string of the molecule is CCNC(=O)CC(=O)NC(C)C(O)c1ccc(F)cc1. The number of benzene rings is 1. The summed E-state index contributed by atoms with van der Waals surface area (Å²) in [6, 6.07) is 4.80. The predicted molar refractivity (Wildman–Crippen MR) is 72.3 cm³/mol. The Kier molecular flexibility index (Phi) is 6.11. The quantitative estimate of drug-likeness (QED) is 0.678. The fourth-order valence-corrected chi connectivity index (χ4v) is 1.74. The van der Waals surface area contributed by atoms with Gasteiger partial charge in [0.2, 0.25) is 11.8 Å². The van der Waals surface area contributed by atoms with Crippen molar-refractivity contribution in [3.05, 3.63) is 35.6 Å². The van der Waals surface area contributed by atoms with Gasteiger partial charge in [-0.15, -0.1) is 0 Å². The molecule has 6 heteroatoms. The summed E-state index contributed by atoms with van der Waals surface area (Å²) in [6.07, 6.45) is -1.25. The molecule has 5 nitrogen and oxygen atoms in total. The zero-order valence-corrected chi connectivity index (χ0v) is 11.5. The minimum Gasteiger partial charge on any atom is -0.386 e. The molecule has 2 unspecified atom stereocenters. The van der Waals surface area contributed by atoms with Crippen LogP contribution < -0.4 is 10.6 Å². The molecule has 2 atom stereocenters. The molecular weight excluding hydrogens is 263 g/mol. The van der Waals surface area contributed by atoms with Crippen LogP contribution >= 0.6 is 0 Å². The van der Waals surface area contributed by atoms with E-state index in [1.807, 2.05) is 0 Å². The van der Waals surface area contributed by atoms with Crippen LogP contribution in [-0.2, 0) is 9.59 Å². The number of aliphatic hydroxyl groups excluding tert-OH is 1. The van der Waals surface area contributed by atoms with E-state index in [2.05, 4.69) is 10.6 Å². The molecule has 0 spiro atoms. The number of aliphatic hydroxyl groups is 1. The maximum absolute atomic E-state index is 12.8. The maximum Gasteiger partial charge on any atom is 0.229 e. The lowest BCUT2D eigenvalue weighted by Gasteiger charge is -2.20. The summed E-state index contributed by atoms with van der Waals surface area (Å²) in [5.41, 5.74) is 0.497. The molecular formula is C14H19FN2O3. The van der Waals surface area contributed by atoms with Gasteiger partial charge in [-0.2, -0.15) is 0 Å². The number of hydrogen-bond donors (Lipinski definition) is 3. The highest BCUT2D eigenvalue weighted by atomic mass is 19.1.